The minimum atomic E-state index is -0.0142. The Morgan fingerprint density at radius 3 is 2.90 bits per heavy atom. The number of benzene rings is 1. The summed E-state index contributed by atoms with van der Waals surface area (Å²) in [7, 11) is 1.69. The van der Waals surface area contributed by atoms with Crippen molar-refractivity contribution in [1.82, 2.24) is 20.2 Å². The van der Waals surface area contributed by atoms with Crippen LogP contribution in [0.25, 0.3) is 21.1 Å². The van der Waals surface area contributed by atoms with Crippen LogP contribution in [0, 0.1) is 0 Å². The van der Waals surface area contributed by atoms with E-state index in [1.165, 1.54) is 22.3 Å². The molecule has 1 aliphatic rings. The molecule has 5 nitrogen and oxygen atoms in total. The standard InChI is InChI=1S/C23H22N4OS/c1-24-22(28)21-19(18-8-4-11-26-23(18)29-21)16-9-12-27(13-16)14-17-6-2-5-15-7-3-10-25-20(15)17/h2-8,10-11,16H,9,12-14H2,1H3,(H,24,28). The van der Waals surface area contributed by atoms with Crippen LogP contribution in [0.3, 0.4) is 0 Å². The molecule has 0 spiro atoms. The average molecular weight is 403 g/mol. The van der Waals surface area contributed by atoms with E-state index in [-0.39, 0.29) is 5.91 Å². The topological polar surface area (TPSA) is 58.1 Å². The van der Waals surface area contributed by atoms with E-state index in [1.807, 2.05) is 18.3 Å². The molecule has 29 heavy (non-hydrogen) atoms. The number of hydrogen-bond donors (Lipinski definition) is 1. The van der Waals surface area contributed by atoms with E-state index in [0.29, 0.717) is 5.92 Å². The molecule has 146 valence electrons. The first-order valence-electron chi connectivity index (χ1n) is 9.89. The Kier molecular flexibility index (Phi) is 4.73. The zero-order valence-electron chi connectivity index (χ0n) is 16.3. The van der Waals surface area contributed by atoms with E-state index in [4.69, 9.17) is 0 Å². The van der Waals surface area contributed by atoms with Gasteiger partial charge in [0.25, 0.3) is 5.91 Å². The van der Waals surface area contributed by atoms with Gasteiger partial charge >= 0.3 is 0 Å². The lowest BCUT2D eigenvalue weighted by Gasteiger charge is -2.17. The number of pyridine rings is 2. The SMILES string of the molecule is CNC(=O)c1sc2ncccc2c1C1CCN(Cc2cccc3cccnc23)C1. The van der Waals surface area contributed by atoms with Crippen molar-refractivity contribution in [1.29, 1.82) is 0 Å². The number of hydrogen-bond acceptors (Lipinski definition) is 5. The van der Waals surface area contributed by atoms with Gasteiger partial charge in [0.2, 0.25) is 0 Å². The van der Waals surface area contributed by atoms with Gasteiger partial charge in [-0.05, 0) is 36.2 Å². The fourth-order valence-electron chi connectivity index (χ4n) is 4.39. The van der Waals surface area contributed by atoms with Crippen LogP contribution in [0.1, 0.15) is 33.1 Å². The van der Waals surface area contributed by atoms with Gasteiger partial charge in [-0.15, -0.1) is 11.3 Å². The summed E-state index contributed by atoms with van der Waals surface area (Å²) in [6.07, 6.45) is 4.70. The Hall–Kier alpha value is -2.83. The first-order chi connectivity index (χ1) is 14.2. The molecule has 1 fully saturated rings. The maximum Gasteiger partial charge on any atom is 0.261 e. The summed E-state index contributed by atoms with van der Waals surface area (Å²) in [5.74, 6) is 0.322. The summed E-state index contributed by atoms with van der Waals surface area (Å²) >= 11 is 1.50. The second-order valence-corrected chi connectivity index (χ2v) is 8.49. The Morgan fingerprint density at radius 2 is 2.00 bits per heavy atom. The third kappa shape index (κ3) is 3.28. The highest BCUT2D eigenvalue weighted by Gasteiger charge is 2.30. The molecule has 1 N–H and O–H groups in total. The molecule has 4 heterocycles. The number of likely N-dealkylation sites (tertiary alicyclic amines) is 1. The third-order valence-corrected chi connectivity index (χ3v) is 6.86. The number of nitrogens with one attached hydrogen (secondary N) is 1. The average Bonchev–Trinajstić information content (AvgIpc) is 3.37. The first kappa shape index (κ1) is 18.2. The summed E-state index contributed by atoms with van der Waals surface area (Å²) in [6, 6.07) is 14.5. The minimum Gasteiger partial charge on any atom is -0.354 e. The molecule has 6 heteroatoms. The molecule has 1 aliphatic heterocycles. The number of rotatable bonds is 4. The number of fused-ring (bicyclic) bond motifs is 2. The normalized spacial score (nSPS) is 17.2. The highest BCUT2D eigenvalue weighted by atomic mass is 32.1. The summed E-state index contributed by atoms with van der Waals surface area (Å²) in [4.78, 5) is 25.8. The summed E-state index contributed by atoms with van der Waals surface area (Å²) in [5.41, 5.74) is 3.50. The predicted molar refractivity (Wildman–Crippen MR) is 117 cm³/mol. The van der Waals surface area contributed by atoms with E-state index in [0.717, 1.165) is 52.2 Å². The van der Waals surface area contributed by atoms with Crippen LogP contribution in [-0.2, 0) is 6.54 Å². The second kappa shape index (κ2) is 7.54. The summed E-state index contributed by atoms with van der Waals surface area (Å²) in [6.45, 7) is 2.83. The van der Waals surface area contributed by atoms with E-state index in [9.17, 15) is 4.79 Å². The fraction of sp³-hybridized carbons (Fsp3) is 0.261. The second-order valence-electron chi connectivity index (χ2n) is 7.49. The molecule has 1 amide bonds. The number of nitrogens with zero attached hydrogens (tertiary/aromatic N) is 3. The minimum absolute atomic E-state index is 0.0142. The van der Waals surface area contributed by atoms with E-state index in [2.05, 4.69) is 50.5 Å². The van der Waals surface area contributed by atoms with Gasteiger partial charge in [0.1, 0.15) is 4.83 Å². The van der Waals surface area contributed by atoms with Crippen LogP contribution >= 0.6 is 11.3 Å². The quantitative estimate of drug-likeness (QED) is 0.556. The van der Waals surface area contributed by atoms with Gasteiger partial charge in [0.15, 0.2) is 0 Å². The molecular weight excluding hydrogens is 380 g/mol. The van der Waals surface area contributed by atoms with Crippen molar-refractivity contribution < 1.29 is 4.79 Å². The van der Waals surface area contributed by atoms with Crippen LogP contribution < -0.4 is 5.32 Å². The molecule has 1 unspecified atom stereocenters. The van der Waals surface area contributed by atoms with Crippen molar-refractivity contribution in [3.05, 3.63) is 70.9 Å². The summed E-state index contributed by atoms with van der Waals surface area (Å²) in [5, 5.41) is 5.10. The van der Waals surface area contributed by atoms with Crippen LogP contribution in [0.15, 0.2) is 54.9 Å². The third-order valence-electron chi connectivity index (χ3n) is 5.73. The fourth-order valence-corrected chi connectivity index (χ4v) is 5.56. The van der Waals surface area contributed by atoms with Gasteiger partial charge in [0, 0.05) is 49.2 Å². The van der Waals surface area contributed by atoms with Gasteiger partial charge < -0.3 is 5.32 Å². The molecule has 0 saturated carbocycles. The van der Waals surface area contributed by atoms with Crippen LogP contribution in [0.5, 0.6) is 0 Å². The molecule has 0 bridgehead atoms. The summed E-state index contributed by atoms with van der Waals surface area (Å²) < 4.78 is 0. The number of carbonyl (C=O) groups is 1. The monoisotopic (exact) mass is 402 g/mol. The molecule has 1 saturated heterocycles. The van der Waals surface area contributed by atoms with Crippen molar-refractivity contribution in [3.8, 4) is 0 Å². The zero-order chi connectivity index (χ0) is 19.8. The highest BCUT2D eigenvalue weighted by Crippen LogP contribution is 2.39. The van der Waals surface area contributed by atoms with Gasteiger partial charge in [-0.3, -0.25) is 14.7 Å². The lowest BCUT2D eigenvalue weighted by atomic mass is 9.95. The van der Waals surface area contributed by atoms with E-state index >= 15 is 0 Å². The van der Waals surface area contributed by atoms with Crippen molar-refractivity contribution in [2.75, 3.05) is 20.1 Å². The van der Waals surface area contributed by atoms with E-state index in [1.54, 1.807) is 13.2 Å². The van der Waals surface area contributed by atoms with Crippen molar-refractivity contribution in [3.63, 3.8) is 0 Å². The van der Waals surface area contributed by atoms with Crippen LogP contribution in [0.4, 0.5) is 0 Å². The van der Waals surface area contributed by atoms with Crippen LogP contribution in [0.2, 0.25) is 0 Å². The lowest BCUT2D eigenvalue weighted by molar-refractivity contribution is 0.0966. The Balaban J connectivity index is 1.45. The Labute approximate surface area is 173 Å². The molecule has 0 radical (unpaired) electrons. The smallest absolute Gasteiger partial charge is 0.261 e. The van der Waals surface area contributed by atoms with E-state index < -0.39 is 0 Å². The van der Waals surface area contributed by atoms with Crippen molar-refractivity contribution >= 4 is 38.4 Å². The lowest BCUT2D eigenvalue weighted by Crippen LogP contribution is -2.21. The molecular formula is C23H22N4OS. The maximum absolute atomic E-state index is 12.5. The number of amides is 1. The Morgan fingerprint density at radius 1 is 1.17 bits per heavy atom. The molecule has 4 aromatic rings. The zero-order valence-corrected chi connectivity index (χ0v) is 17.1. The molecule has 1 atom stereocenters. The first-order valence-corrected chi connectivity index (χ1v) is 10.7. The van der Waals surface area contributed by atoms with Gasteiger partial charge in [-0.2, -0.15) is 0 Å². The maximum atomic E-state index is 12.5. The van der Waals surface area contributed by atoms with Crippen LogP contribution in [-0.4, -0.2) is 40.9 Å². The highest BCUT2D eigenvalue weighted by molar-refractivity contribution is 7.20. The van der Waals surface area contributed by atoms with Crippen molar-refractivity contribution in [2.24, 2.45) is 0 Å². The van der Waals surface area contributed by atoms with Gasteiger partial charge in [0.05, 0.1) is 10.4 Å². The van der Waals surface area contributed by atoms with Crippen molar-refractivity contribution in [2.45, 2.75) is 18.9 Å². The predicted octanol–water partition coefficient (Wildman–Crippen LogP) is 4.19. The molecule has 3 aromatic heterocycles. The molecule has 0 aliphatic carbocycles. The Bertz CT molecular complexity index is 1200. The van der Waals surface area contributed by atoms with Gasteiger partial charge in [-0.1, -0.05) is 30.3 Å². The number of para-hydroxylation sites is 1. The number of carbonyl (C=O) groups excluding carboxylic acids is 1. The largest absolute Gasteiger partial charge is 0.354 e. The number of thiophene rings is 1. The van der Waals surface area contributed by atoms with Gasteiger partial charge in [-0.25, -0.2) is 4.98 Å². The number of aromatic nitrogens is 2. The molecule has 5 rings (SSSR count). The molecule has 1 aromatic carbocycles.